The van der Waals surface area contributed by atoms with Crippen LogP contribution in [0.15, 0.2) is 71.1 Å². The number of carbonyl (C=O) groups is 1. The van der Waals surface area contributed by atoms with Gasteiger partial charge in [-0.3, -0.25) is 9.20 Å². The van der Waals surface area contributed by atoms with Crippen molar-refractivity contribution < 1.29 is 9.18 Å². The summed E-state index contributed by atoms with van der Waals surface area (Å²) in [6.45, 7) is 4.10. The van der Waals surface area contributed by atoms with Crippen LogP contribution in [0.2, 0.25) is 0 Å². The summed E-state index contributed by atoms with van der Waals surface area (Å²) < 4.78 is 16.4. The van der Waals surface area contributed by atoms with E-state index >= 15 is 0 Å². The van der Waals surface area contributed by atoms with E-state index in [-0.39, 0.29) is 11.6 Å². The number of rotatable bonds is 5. The molecule has 0 radical (unpaired) electrons. The Labute approximate surface area is 187 Å². The molecule has 0 bridgehead atoms. The number of carbonyl (C=O) groups excluding carboxylic acids is 1. The average molecular weight is 447 g/mol. The summed E-state index contributed by atoms with van der Waals surface area (Å²) in [5.41, 5.74) is 6.49. The summed E-state index contributed by atoms with van der Waals surface area (Å²) >= 11 is 3.14. The van der Waals surface area contributed by atoms with E-state index in [2.05, 4.69) is 23.6 Å². The second kappa shape index (κ2) is 7.94. The molecule has 2 aromatic carbocycles. The van der Waals surface area contributed by atoms with Crippen LogP contribution < -0.4 is 0 Å². The maximum Gasteiger partial charge on any atom is 0.205 e. The molecule has 0 fully saturated rings. The van der Waals surface area contributed by atoms with Gasteiger partial charge in [-0.05, 0) is 42.7 Å². The van der Waals surface area contributed by atoms with E-state index in [1.807, 2.05) is 37.3 Å². The Morgan fingerprint density at radius 2 is 1.84 bits per heavy atom. The molecule has 0 unspecified atom stereocenters. The molecule has 154 valence electrons. The van der Waals surface area contributed by atoms with E-state index < -0.39 is 0 Å². The van der Waals surface area contributed by atoms with Crippen LogP contribution in [-0.2, 0) is 5.75 Å². The van der Waals surface area contributed by atoms with Crippen LogP contribution in [0.1, 0.15) is 31.9 Å². The van der Waals surface area contributed by atoms with Crippen molar-refractivity contribution in [2.75, 3.05) is 0 Å². The van der Waals surface area contributed by atoms with Crippen LogP contribution in [0.25, 0.3) is 16.7 Å². The molecular formula is C25H19FN2OS2. The first-order valence-electron chi connectivity index (χ1n) is 9.90. The Balaban J connectivity index is 1.66. The number of thioether (sulfide) groups is 1. The van der Waals surface area contributed by atoms with E-state index in [1.165, 1.54) is 23.5 Å². The number of fused-ring (bicyclic) bond motifs is 3. The molecular weight excluding hydrogens is 427 g/mol. The second-order valence-corrected chi connectivity index (χ2v) is 9.80. The number of pyridine rings is 1. The normalized spacial score (nSPS) is 11.5. The van der Waals surface area contributed by atoms with E-state index in [9.17, 15) is 9.18 Å². The standard InChI is InChI=1S/C25H19FN2OS2/c1-15-12-16(2)24-27-20-21(28(24)13-15)25(30-14-17-8-10-19(26)11-9-17)31-23(20)22(29)18-6-4-3-5-7-18/h3-13H,14H2,1-2H3. The Morgan fingerprint density at radius 1 is 1.10 bits per heavy atom. The minimum absolute atomic E-state index is 0.0120. The number of imidazole rings is 1. The summed E-state index contributed by atoms with van der Waals surface area (Å²) in [6, 6.07) is 18.0. The summed E-state index contributed by atoms with van der Waals surface area (Å²) in [5.74, 6) is 0.435. The number of benzene rings is 2. The molecule has 0 aliphatic rings. The summed E-state index contributed by atoms with van der Waals surface area (Å²) in [4.78, 5) is 18.9. The van der Waals surface area contributed by atoms with Gasteiger partial charge in [0.25, 0.3) is 0 Å². The number of aromatic nitrogens is 2. The number of aryl methyl sites for hydroxylation is 2. The van der Waals surface area contributed by atoms with Crippen molar-refractivity contribution in [1.29, 1.82) is 0 Å². The Hall–Kier alpha value is -2.96. The van der Waals surface area contributed by atoms with Gasteiger partial charge in [0.15, 0.2) is 0 Å². The van der Waals surface area contributed by atoms with Crippen molar-refractivity contribution in [3.63, 3.8) is 0 Å². The summed E-state index contributed by atoms with van der Waals surface area (Å²) in [7, 11) is 0. The van der Waals surface area contributed by atoms with E-state index in [0.29, 0.717) is 16.2 Å². The number of nitrogens with zero attached hydrogens (tertiary/aromatic N) is 2. The number of halogens is 1. The summed E-state index contributed by atoms with van der Waals surface area (Å²) in [6.07, 6.45) is 2.07. The fraction of sp³-hybridized carbons (Fsp3) is 0.120. The van der Waals surface area contributed by atoms with Gasteiger partial charge in [0.2, 0.25) is 5.78 Å². The lowest BCUT2D eigenvalue weighted by Gasteiger charge is -2.04. The zero-order chi connectivity index (χ0) is 21.5. The number of thiophene rings is 1. The molecule has 3 aromatic heterocycles. The maximum absolute atomic E-state index is 13.3. The fourth-order valence-electron chi connectivity index (χ4n) is 3.73. The third-order valence-electron chi connectivity index (χ3n) is 5.17. The highest BCUT2D eigenvalue weighted by atomic mass is 32.2. The molecule has 6 heteroatoms. The molecule has 0 saturated carbocycles. The first kappa shape index (κ1) is 20.0. The van der Waals surface area contributed by atoms with Crippen molar-refractivity contribution in [2.45, 2.75) is 23.8 Å². The lowest BCUT2D eigenvalue weighted by atomic mass is 10.1. The molecule has 0 atom stereocenters. The first-order chi connectivity index (χ1) is 15.0. The molecule has 0 N–H and O–H groups in total. The topological polar surface area (TPSA) is 34.4 Å². The van der Waals surface area contributed by atoms with Gasteiger partial charge in [0.1, 0.15) is 21.9 Å². The molecule has 5 aromatic rings. The molecule has 31 heavy (non-hydrogen) atoms. The van der Waals surface area contributed by atoms with Crippen molar-refractivity contribution >= 4 is 45.6 Å². The fourth-order valence-corrected chi connectivity index (χ4v) is 6.14. The highest BCUT2D eigenvalue weighted by Crippen LogP contribution is 2.41. The number of hydrogen-bond donors (Lipinski definition) is 0. The van der Waals surface area contributed by atoms with Gasteiger partial charge in [-0.1, -0.05) is 48.5 Å². The lowest BCUT2D eigenvalue weighted by Crippen LogP contribution is -1.98. The highest BCUT2D eigenvalue weighted by Gasteiger charge is 2.24. The van der Waals surface area contributed by atoms with Crippen LogP contribution in [-0.4, -0.2) is 15.2 Å². The molecule has 0 spiro atoms. The quantitative estimate of drug-likeness (QED) is 0.219. The van der Waals surface area contributed by atoms with E-state index in [0.717, 1.165) is 37.6 Å². The molecule has 0 aliphatic heterocycles. The largest absolute Gasteiger partial charge is 0.297 e. The van der Waals surface area contributed by atoms with Crippen LogP contribution in [0.4, 0.5) is 4.39 Å². The molecule has 5 rings (SSSR count). The molecule has 3 nitrogen and oxygen atoms in total. The Bertz CT molecular complexity index is 1420. The third kappa shape index (κ3) is 3.66. The molecule has 0 amide bonds. The van der Waals surface area contributed by atoms with Gasteiger partial charge in [0, 0.05) is 17.5 Å². The van der Waals surface area contributed by atoms with Gasteiger partial charge in [-0.25, -0.2) is 9.37 Å². The van der Waals surface area contributed by atoms with Crippen LogP contribution in [0, 0.1) is 19.7 Å². The van der Waals surface area contributed by atoms with Gasteiger partial charge >= 0.3 is 0 Å². The van der Waals surface area contributed by atoms with Crippen molar-refractivity contribution in [1.82, 2.24) is 9.38 Å². The zero-order valence-corrected chi connectivity index (χ0v) is 18.7. The Morgan fingerprint density at radius 3 is 2.58 bits per heavy atom. The lowest BCUT2D eigenvalue weighted by molar-refractivity contribution is 0.104. The monoisotopic (exact) mass is 446 g/mol. The van der Waals surface area contributed by atoms with E-state index in [1.54, 1.807) is 23.9 Å². The third-order valence-corrected chi connectivity index (χ3v) is 7.67. The average Bonchev–Trinajstić information content (AvgIpc) is 3.32. The van der Waals surface area contributed by atoms with Crippen molar-refractivity contribution in [3.8, 4) is 0 Å². The minimum Gasteiger partial charge on any atom is -0.297 e. The predicted octanol–water partition coefficient (Wildman–Crippen LogP) is 6.83. The van der Waals surface area contributed by atoms with Crippen molar-refractivity contribution in [3.05, 3.63) is 99.8 Å². The van der Waals surface area contributed by atoms with Gasteiger partial charge in [-0.2, -0.15) is 0 Å². The maximum atomic E-state index is 13.3. The van der Waals surface area contributed by atoms with Crippen LogP contribution in [0.3, 0.4) is 0 Å². The van der Waals surface area contributed by atoms with Gasteiger partial charge in [-0.15, -0.1) is 23.1 Å². The number of ketones is 1. The molecule has 3 heterocycles. The summed E-state index contributed by atoms with van der Waals surface area (Å²) in [5, 5.41) is 0. The van der Waals surface area contributed by atoms with Crippen LogP contribution in [0.5, 0.6) is 0 Å². The SMILES string of the molecule is Cc1cc(C)c2nc3c(C(=O)c4ccccc4)sc(SCc4ccc(F)cc4)c3n2c1. The zero-order valence-electron chi connectivity index (χ0n) is 17.1. The second-order valence-electron chi connectivity index (χ2n) is 7.53. The molecule has 0 saturated heterocycles. The van der Waals surface area contributed by atoms with Crippen molar-refractivity contribution in [2.24, 2.45) is 0 Å². The molecule has 0 aliphatic carbocycles. The van der Waals surface area contributed by atoms with Gasteiger partial charge in [0.05, 0.1) is 9.73 Å². The van der Waals surface area contributed by atoms with Crippen LogP contribution >= 0.6 is 23.1 Å². The first-order valence-corrected chi connectivity index (χ1v) is 11.7. The van der Waals surface area contributed by atoms with Gasteiger partial charge < -0.3 is 0 Å². The predicted molar refractivity (Wildman–Crippen MR) is 126 cm³/mol. The smallest absolute Gasteiger partial charge is 0.205 e. The number of hydrogen-bond acceptors (Lipinski definition) is 4. The Kier molecular flexibility index (Phi) is 5.12. The van der Waals surface area contributed by atoms with E-state index in [4.69, 9.17) is 4.98 Å². The highest BCUT2D eigenvalue weighted by molar-refractivity contribution is 8.00. The minimum atomic E-state index is -0.240.